The van der Waals surface area contributed by atoms with Crippen LogP contribution in [0.15, 0.2) is 24.3 Å². The van der Waals surface area contributed by atoms with E-state index < -0.39 is 170 Å². The van der Waals surface area contributed by atoms with Crippen molar-refractivity contribution in [3.63, 3.8) is 0 Å². The van der Waals surface area contributed by atoms with Crippen molar-refractivity contribution in [2.75, 3.05) is 6.54 Å². The van der Waals surface area contributed by atoms with E-state index in [4.69, 9.17) is 10.8 Å². The quantitative estimate of drug-likeness (QED) is 0.0403. The van der Waals surface area contributed by atoms with E-state index in [9.17, 15) is 83.1 Å². The maximum Gasteiger partial charge on any atom is 0.326 e. The van der Waals surface area contributed by atoms with Crippen molar-refractivity contribution in [2.45, 2.75) is 160 Å². The van der Waals surface area contributed by atoms with Gasteiger partial charge in [0.05, 0.1) is 6.04 Å². The number of hydrogen-bond acceptors (Lipinski definition) is 14. The Morgan fingerprint density at radius 3 is 1.50 bits per heavy atom. The average molecular weight is 1020 g/mol. The van der Waals surface area contributed by atoms with Crippen LogP contribution in [-0.4, -0.2) is 162 Å². The molecule has 0 radical (unpaired) electrons. The van der Waals surface area contributed by atoms with Crippen LogP contribution < -0.4 is 37.6 Å². The zero-order valence-electron chi connectivity index (χ0n) is 40.6. The Bertz CT molecular complexity index is 2120. The second-order valence-corrected chi connectivity index (χ2v) is 18.0. The van der Waals surface area contributed by atoms with Crippen LogP contribution in [0.1, 0.15) is 110 Å². The maximum atomic E-state index is 14.3. The third kappa shape index (κ3) is 20.9. The molecule has 1 fully saturated rings. The van der Waals surface area contributed by atoms with Gasteiger partial charge in [0.15, 0.2) is 0 Å². The van der Waals surface area contributed by atoms with Crippen molar-refractivity contribution in [1.29, 1.82) is 0 Å². The predicted molar refractivity (Wildman–Crippen MR) is 250 cm³/mol. The smallest absolute Gasteiger partial charge is 0.326 e. The summed E-state index contributed by atoms with van der Waals surface area (Å²) in [5.74, 6) is -14.5. The minimum atomic E-state index is -1.74. The van der Waals surface area contributed by atoms with Gasteiger partial charge in [-0.2, -0.15) is 0 Å². The SMILES string of the molecule is CC[C@H](C)[C@H](NC(=O)[C@H](CCC(=O)O)NC(=O)[C@@H](N)CCC(=O)O)C(=O)N1CCC[C@H]1C(=O)N[C@@H](CCC(=O)O)C(=O)N[C@@H](CCC(=O)O)C(=O)N[C@@H](Cc1ccc(O)cc1)C(=O)N[C@@H](CC(C)C)C(=O)O. The molecule has 400 valence electrons. The zero-order chi connectivity index (χ0) is 54.4. The highest BCUT2D eigenvalue weighted by Gasteiger charge is 2.41. The number of aliphatic carboxylic acids is 5. The van der Waals surface area contributed by atoms with Crippen molar-refractivity contribution in [2.24, 2.45) is 17.6 Å². The summed E-state index contributed by atoms with van der Waals surface area (Å²) in [6.45, 7) is 6.70. The summed E-state index contributed by atoms with van der Waals surface area (Å²) >= 11 is 0. The van der Waals surface area contributed by atoms with Gasteiger partial charge in [0, 0.05) is 38.6 Å². The lowest BCUT2D eigenvalue weighted by molar-refractivity contribution is -0.144. The van der Waals surface area contributed by atoms with Gasteiger partial charge in [0.25, 0.3) is 0 Å². The van der Waals surface area contributed by atoms with Gasteiger partial charge in [0.1, 0.15) is 48.0 Å². The van der Waals surface area contributed by atoms with Gasteiger partial charge in [-0.1, -0.05) is 46.2 Å². The Balaban J connectivity index is 2.43. The van der Waals surface area contributed by atoms with Crippen molar-refractivity contribution in [1.82, 2.24) is 36.8 Å². The molecule has 1 aromatic rings. The number of benzene rings is 1. The van der Waals surface area contributed by atoms with E-state index in [2.05, 4.69) is 31.9 Å². The van der Waals surface area contributed by atoms with Crippen LogP contribution >= 0.6 is 0 Å². The number of carboxylic acid groups (broad SMARTS) is 5. The highest BCUT2D eigenvalue weighted by molar-refractivity contribution is 5.98. The van der Waals surface area contributed by atoms with Gasteiger partial charge < -0.3 is 73.2 Å². The van der Waals surface area contributed by atoms with Crippen LogP contribution in [0.25, 0.3) is 0 Å². The van der Waals surface area contributed by atoms with Gasteiger partial charge in [-0.25, -0.2) is 4.79 Å². The minimum Gasteiger partial charge on any atom is -0.508 e. The van der Waals surface area contributed by atoms with E-state index in [1.807, 2.05) is 0 Å². The molecular weight excluding hydrogens is 953 g/mol. The number of nitrogens with two attached hydrogens (primary N) is 1. The number of nitrogens with one attached hydrogen (secondary N) is 6. The molecule has 9 atom stereocenters. The molecule has 0 aromatic heterocycles. The first-order valence-electron chi connectivity index (χ1n) is 23.5. The van der Waals surface area contributed by atoms with Crippen LogP contribution in [0.3, 0.4) is 0 Å². The van der Waals surface area contributed by atoms with Crippen LogP contribution in [-0.2, 0) is 64.0 Å². The molecule has 0 aliphatic carbocycles. The summed E-state index contributed by atoms with van der Waals surface area (Å²) in [4.78, 5) is 156. The molecule has 26 heteroatoms. The molecule has 26 nitrogen and oxygen atoms in total. The number of carbonyl (C=O) groups is 12. The lowest BCUT2D eigenvalue weighted by Gasteiger charge is -2.33. The first-order chi connectivity index (χ1) is 33.7. The van der Waals surface area contributed by atoms with Crippen molar-refractivity contribution >= 4 is 71.2 Å². The van der Waals surface area contributed by atoms with Crippen LogP contribution in [0.5, 0.6) is 5.75 Å². The number of phenolic OH excluding ortho intramolecular Hbond substituents is 1. The second-order valence-electron chi connectivity index (χ2n) is 18.0. The van der Waals surface area contributed by atoms with Gasteiger partial charge >= 0.3 is 29.8 Å². The number of amides is 7. The number of rotatable bonds is 32. The first-order valence-corrected chi connectivity index (χ1v) is 23.5. The number of carboxylic acids is 5. The number of carbonyl (C=O) groups excluding carboxylic acids is 7. The van der Waals surface area contributed by atoms with E-state index in [0.29, 0.717) is 5.56 Å². The molecule has 1 aliphatic rings. The maximum absolute atomic E-state index is 14.3. The third-order valence-electron chi connectivity index (χ3n) is 11.8. The summed E-state index contributed by atoms with van der Waals surface area (Å²) in [6, 6.07) is -6.52. The number of phenols is 1. The summed E-state index contributed by atoms with van der Waals surface area (Å²) in [5, 5.41) is 71.4. The molecule has 1 aromatic carbocycles. The van der Waals surface area contributed by atoms with Crippen molar-refractivity contribution < 1.29 is 88.2 Å². The first kappa shape index (κ1) is 60.7. The number of aromatic hydroxyl groups is 1. The van der Waals surface area contributed by atoms with Crippen LogP contribution in [0.2, 0.25) is 0 Å². The fourth-order valence-corrected chi connectivity index (χ4v) is 7.57. The van der Waals surface area contributed by atoms with Gasteiger partial charge in [-0.3, -0.25) is 52.7 Å². The molecule has 1 heterocycles. The standard InChI is InChI=1S/C46H68N8O18/c1-5-24(4)38(53-42(67)30(15-19-37(62)63)48-39(64)27(47)12-16-34(56)57)45(70)54-20-6-7-33(54)44(69)50-29(14-18-36(60)61)40(65)49-28(13-17-35(58)59)41(66)51-31(22-25-8-10-26(55)11-9-25)43(68)52-32(46(71)72)21-23(2)3/h8-11,23-24,27-33,38,55H,5-7,12-22,47H2,1-4H3,(H,48,64)(H,49,65)(H,50,69)(H,51,66)(H,52,68)(H,53,67)(H,56,57)(H,58,59)(H,60,61)(H,62,63)(H,71,72)/t24-,27-,28-,29-,30-,31-,32-,33-,38-/m0/s1. The molecule has 72 heavy (non-hydrogen) atoms. The van der Waals surface area contributed by atoms with Crippen molar-refractivity contribution in [3.8, 4) is 5.75 Å². The van der Waals surface area contributed by atoms with E-state index in [1.54, 1.807) is 27.7 Å². The number of hydrogen-bond donors (Lipinski definition) is 13. The molecule has 0 spiro atoms. The Labute approximate surface area is 414 Å². The summed E-state index contributed by atoms with van der Waals surface area (Å²) in [6.07, 6.45) is -4.14. The predicted octanol–water partition coefficient (Wildman–Crippen LogP) is -1.20. The highest BCUT2D eigenvalue weighted by atomic mass is 16.4. The Hall–Kier alpha value is -7.38. The average Bonchev–Trinajstić information content (AvgIpc) is 3.81. The highest BCUT2D eigenvalue weighted by Crippen LogP contribution is 2.23. The molecular formula is C46H68N8O18. The summed E-state index contributed by atoms with van der Waals surface area (Å²) in [7, 11) is 0. The molecule has 1 saturated heterocycles. The molecule has 14 N–H and O–H groups in total. The van der Waals surface area contributed by atoms with E-state index >= 15 is 0 Å². The fourth-order valence-electron chi connectivity index (χ4n) is 7.57. The lowest BCUT2D eigenvalue weighted by Crippen LogP contribution is -2.60. The normalized spacial score (nSPS) is 16.5. The van der Waals surface area contributed by atoms with Gasteiger partial charge in [0.2, 0.25) is 41.4 Å². The van der Waals surface area contributed by atoms with Gasteiger partial charge in [-0.15, -0.1) is 0 Å². The number of nitrogens with zero attached hydrogens (tertiary/aromatic N) is 1. The summed E-state index contributed by atoms with van der Waals surface area (Å²) < 4.78 is 0. The largest absolute Gasteiger partial charge is 0.508 e. The topological polar surface area (TPSA) is 428 Å². The number of likely N-dealkylation sites (tertiary alicyclic amines) is 1. The van der Waals surface area contributed by atoms with Crippen LogP contribution in [0, 0.1) is 11.8 Å². The Kier molecular flexibility index (Phi) is 25.1. The van der Waals surface area contributed by atoms with Crippen LogP contribution in [0.4, 0.5) is 0 Å². The third-order valence-corrected chi connectivity index (χ3v) is 11.8. The van der Waals surface area contributed by atoms with E-state index in [-0.39, 0.29) is 56.7 Å². The molecule has 0 bridgehead atoms. The molecule has 1 aliphatic heterocycles. The Morgan fingerprint density at radius 1 is 0.597 bits per heavy atom. The molecule has 0 saturated carbocycles. The molecule has 0 unspecified atom stereocenters. The fraction of sp³-hybridized carbons (Fsp3) is 0.609. The molecule has 7 amide bonds. The Morgan fingerprint density at radius 2 is 1.03 bits per heavy atom. The lowest BCUT2D eigenvalue weighted by atomic mass is 9.96. The minimum absolute atomic E-state index is 0.0107. The van der Waals surface area contributed by atoms with E-state index in [1.165, 1.54) is 24.3 Å². The van der Waals surface area contributed by atoms with E-state index in [0.717, 1.165) is 4.90 Å². The monoisotopic (exact) mass is 1020 g/mol. The second kappa shape index (κ2) is 29.7. The summed E-state index contributed by atoms with van der Waals surface area (Å²) in [5.41, 5.74) is 6.19. The van der Waals surface area contributed by atoms with Gasteiger partial charge in [-0.05, 0) is 74.5 Å². The zero-order valence-corrected chi connectivity index (χ0v) is 40.6. The molecule has 2 rings (SSSR count). The van der Waals surface area contributed by atoms with Crippen molar-refractivity contribution in [3.05, 3.63) is 29.8 Å².